The molecule has 0 aliphatic carbocycles. The lowest BCUT2D eigenvalue weighted by molar-refractivity contribution is 0.100. The summed E-state index contributed by atoms with van der Waals surface area (Å²) in [5.41, 5.74) is 8.68. The lowest BCUT2D eigenvalue weighted by atomic mass is 9.81. The third kappa shape index (κ3) is 5.36. The fourth-order valence-electron chi connectivity index (χ4n) is 3.75. The van der Waals surface area contributed by atoms with Crippen LogP contribution in [0.15, 0.2) is 72.0 Å². The highest BCUT2D eigenvalue weighted by Crippen LogP contribution is 2.38. The van der Waals surface area contributed by atoms with Gasteiger partial charge in [-0.3, -0.25) is 9.36 Å². The van der Waals surface area contributed by atoms with Crippen molar-refractivity contribution in [2.75, 3.05) is 0 Å². The average molecular weight is 549 g/mol. The monoisotopic (exact) mass is 547 g/mol. The average Bonchev–Trinajstić information content (AvgIpc) is 3.25. The van der Waals surface area contributed by atoms with Gasteiger partial charge in [-0.05, 0) is 59.7 Å². The van der Waals surface area contributed by atoms with Crippen molar-refractivity contribution in [3.8, 4) is 5.69 Å². The number of hydrogen-bond acceptors (Lipinski definition) is 3. The van der Waals surface area contributed by atoms with E-state index in [1.54, 1.807) is 30.3 Å². The Bertz CT molecular complexity index is 1400. The first-order valence-electron chi connectivity index (χ1n) is 10.6. The van der Waals surface area contributed by atoms with Crippen LogP contribution in [0.5, 0.6) is 0 Å². The van der Waals surface area contributed by atoms with Crippen LogP contribution in [0.25, 0.3) is 5.69 Å². The lowest BCUT2D eigenvalue weighted by Gasteiger charge is -2.28. The summed E-state index contributed by atoms with van der Waals surface area (Å²) in [4.78, 5) is 16.4. The molecule has 0 radical (unpaired) electrons. The van der Waals surface area contributed by atoms with Crippen molar-refractivity contribution in [3.05, 3.63) is 110 Å². The number of carbonyl (C=O) groups is 1. The second kappa shape index (κ2) is 10.2. The Kier molecular flexibility index (Phi) is 7.48. The first kappa shape index (κ1) is 25.6. The molecule has 1 aromatic heterocycles. The summed E-state index contributed by atoms with van der Waals surface area (Å²) in [5, 5.41) is 1.96. The lowest BCUT2D eigenvalue weighted by Crippen LogP contribution is -2.23. The quantitative estimate of drug-likeness (QED) is 0.241. The number of nitrogens with two attached hydrogens (primary N) is 1. The van der Waals surface area contributed by atoms with Crippen LogP contribution < -0.4 is 5.73 Å². The molecule has 3 aromatic carbocycles. The maximum atomic E-state index is 13.7. The predicted molar refractivity (Wildman–Crippen MR) is 142 cm³/mol. The molecule has 2 N–H and O–H groups in total. The topological polar surface area (TPSA) is 60.9 Å². The highest BCUT2D eigenvalue weighted by molar-refractivity contribution is 7.98. The molecule has 1 amide bonds. The Morgan fingerprint density at radius 2 is 1.69 bits per heavy atom. The Morgan fingerprint density at radius 3 is 2.34 bits per heavy atom. The van der Waals surface area contributed by atoms with Crippen molar-refractivity contribution < 1.29 is 9.18 Å². The van der Waals surface area contributed by atoms with Gasteiger partial charge in [0.05, 0.1) is 32.5 Å². The summed E-state index contributed by atoms with van der Waals surface area (Å²) >= 11 is 20.0. The third-order valence-corrected chi connectivity index (χ3v) is 7.85. The number of primary amides is 1. The number of aromatic nitrogens is 2. The van der Waals surface area contributed by atoms with Gasteiger partial charge in [-0.2, -0.15) is 0 Å². The molecular formula is C26H21Cl3FN3OS. The van der Waals surface area contributed by atoms with Gasteiger partial charge in [-0.25, -0.2) is 9.37 Å². The first-order chi connectivity index (χ1) is 16.6. The van der Waals surface area contributed by atoms with Crippen molar-refractivity contribution in [2.45, 2.75) is 30.2 Å². The second-order valence-corrected chi connectivity index (χ2v) is 10.6. The van der Waals surface area contributed by atoms with E-state index in [1.807, 2.05) is 29.0 Å². The van der Waals surface area contributed by atoms with E-state index in [-0.39, 0.29) is 11.4 Å². The van der Waals surface area contributed by atoms with Crippen LogP contribution in [0.4, 0.5) is 4.39 Å². The summed E-state index contributed by atoms with van der Waals surface area (Å²) in [6.07, 6.45) is 1.81. The highest BCUT2D eigenvalue weighted by atomic mass is 35.5. The molecule has 4 rings (SSSR count). The van der Waals surface area contributed by atoms with E-state index in [0.717, 1.165) is 22.5 Å². The van der Waals surface area contributed by atoms with Crippen LogP contribution >= 0.6 is 46.6 Å². The van der Waals surface area contributed by atoms with Crippen LogP contribution in [0.2, 0.25) is 15.1 Å². The van der Waals surface area contributed by atoms with Crippen molar-refractivity contribution in [1.29, 1.82) is 0 Å². The van der Waals surface area contributed by atoms with Gasteiger partial charge in [-0.1, -0.05) is 72.5 Å². The number of rotatable bonds is 7. The van der Waals surface area contributed by atoms with Crippen LogP contribution in [0.1, 0.15) is 41.0 Å². The molecule has 4 nitrogen and oxygen atoms in total. The number of nitrogens with zero attached hydrogens (tertiary/aromatic N) is 2. The SMILES string of the molecule is CC(C)(c1ccc(Cl)c(Cl)c1)c1cnc(SCc2ccc(Cl)c(C(N)=O)c2)n1-c1ccc(F)cc1. The van der Waals surface area contributed by atoms with E-state index in [1.165, 1.54) is 23.9 Å². The van der Waals surface area contributed by atoms with E-state index < -0.39 is 11.3 Å². The molecule has 0 spiro atoms. The van der Waals surface area contributed by atoms with Gasteiger partial charge in [0, 0.05) is 16.9 Å². The van der Waals surface area contributed by atoms with Gasteiger partial charge in [0.2, 0.25) is 5.91 Å². The van der Waals surface area contributed by atoms with E-state index in [9.17, 15) is 9.18 Å². The van der Waals surface area contributed by atoms with Gasteiger partial charge in [-0.15, -0.1) is 0 Å². The molecule has 9 heteroatoms. The maximum absolute atomic E-state index is 13.7. The van der Waals surface area contributed by atoms with Crippen molar-refractivity contribution >= 4 is 52.5 Å². The molecule has 0 saturated carbocycles. The number of hydrogen-bond donors (Lipinski definition) is 1. The van der Waals surface area contributed by atoms with Crippen molar-refractivity contribution in [1.82, 2.24) is 9.55 Å². The predicted octanol–water partition coefficient (Wildman–Crippen LogP) is 7.69. The largest absolute Gasteiger partial charge is 0.366 e. The third-order valence-electron chi connectivity index (χ3n) is 5.76. The number of thioether (sulfide) groups is 1. The van der Waals surface area contributed by atoms with Gasteiger partial charge < -0.3 is 5.73 Å². The normalized spacial score (nSPS) is 11.6. The Morgan fingerprint density at radius 1 is 1.00 bits per heavy atom. The first-order valence-corrected chi connectivity index (χ1v) is 12.7. The molecular weight excluding hydrogens is 528 g/mol. The number of halogens is 4. The number of benzene rings is 3. The standard InChI is InChI=1S/C26H21Cl3FN3OS/c1-26(2,16-4-10-21(28)22(29)12-16)23-13-32-25(33(23)18-7-5-17(30)6-8-18)35-14-15-3-9-20(27)19(11-15)24(31)34/h3-13H,14H2,1-2H3,(H2,31,34). The zero-order valence-electron chi connectivity index (χ0n) is 18.9. The van der Waals surface area contributed by atoms with E-state index in [4.69, 9.17) is 45.5 Å². The summed E-state index contributed by atoms with van der Waals surface area (Å²) in [6, 6.07) is 17.0. The minimum atomic E-state index is -0.583. The molecule has 0 unspecified atom stereocenters. The molecule has 4 aromatic rings. The van der Waals surface area contributed by atoms with E-state index >= 15 is 0 Å². The van der Waals surface area contributed by atoms with E-state index in [0.29, 0.717) is 26.0 Å². The van der Waals surface area contributed by atoms with Gasteiger partial charge in [0.15, 0.2) is 5.16 Å². The Balaban J connectivity index is 1.76. The Hall–Kier alpha value is -2.51. The summed E-state index contributed by atoms with van der Waals surface area (Å²) < 4.78 is 15.7. The summed E-state index contributed by atoms with van der Waals surface area (Å²) in [6.45, 7) is 4.13. The Labute approximate surface area is 222 Å². The van der Waals surface area contributed by atoms with Gasteiger partial charge in [0.1, 0.15) is 5.82 Å². The van der Waals surface area contributed by atoms with Crippen LogP contribution in [0, 0.1) is 5.82 Å². The molecule has 0 aliphatic heterocycles. The molecule has 35 heavy (non-hydrogen) atoms. The molecule has 0 aliphatic rings. The van der Waals surface area contributed by atoms with Crippen LogP contribution in [-0.4, -0.2) is 15.5 Å². The molecule has 0 atom stereocenters. The minimum absolute atomic E-state index is 0.271. The molecule has 0 saturated heterocycles. The zero-order chi connectivity index (χ0) is 25.3. The minimum Gasteiger partial charge on any atom is -0.366 e. The van der Waals surface area contributed by atoms with Crippen molar-refractivity contribution in [3.63, 3.8) is 0 Å². The summed E-state index contributed by atoms with van der Waals surface area (Å²) in [7, 11) is 0. The summed E-state index contributed by atoms with van der Waals surface area (Å²) in [5.74, 6) is -0.392. The number of imidazole rings is 1. The van der Waals surface area contributed by atoms with Crippen LogP contribution in [0.3, 0.4) is 0 Å². The highest BCUT2D eigenvalue weighted by Gasteiger charge is 2.30. The van der Waals surface area contributed by atoms with Crippen LogP contribution in [-0.2, 0) is 11.2 Å². The smallest absolute Gasteiger partial charge is 0.250 e. The molecule has 180 valence electrons. The van der Waals surface area contributed by atoms with Gasteiger partial charge in [0.25, 0.3) is 0 Å². The van der Waals surface area contributed by atoms with E-state index in [2.05, 4.69) is 13.8 Å². The molecule has 1 heterocycles. The van der Waals surface area contributed by atoms with Gasteiger partial charge >= 0.3 is 0 Å². The number of amides is 1. The maximum Gasteiger partial charge on any atom is 0.250 e. The molecule has 0 bridgehead atoms. The fourth-order valence-corrected chi connectivity index (χ4v) is 5.19. The zero-order valence-corrected chi connectivity index (χ0v) is 21.9. The molecule has 0 fully saturated rings. The number of carbonyl (C=O) groups excluding carboxylic acids is 1. The second-order valence-electron chi connectivity index (χ2n) is 8.46. The fraction of sp³-hybridized carbons (Fsp3) is 0.154. The van der Waals surface area contributed by atoms with Crippen molar-refractivity contribution in [2.24, 2.45) is 5.73 Å².